The Morgan fingerprint density at radius 1 is 1.23 bits per heavy atom. The molecule has 1 fully saturated rings. The molecule has 1 aliphatic heterocycles. The maximum absolute atomic E-state index is 13.5. The Morgan fingerprint density at radius 3 is 2.74 bits per heavy atom. The van der Waals surface area contributed by atoms with Crippen LogP contribution < -0.4 is 8.80 Å². The minimum absolute atomic E-state index is 0.0591. The number of likely N-dealkylation sites (tertiary alicyclic amines) is 1. The molecule has 0 aliphatic carbocycles. The summed E-state index contributed by atoms with van der Waals surface area (Å²) >= 11 is 1.74. The molecule has 0 saturated carbocycles. The highest BCUT2D eigenvalue weighted by atomic mass is 127. The minimum Gasteiger partial charge on any atom is -0.392 e. The SMILES string of the molecule is CO[C@H](C)c1cc(-c2ccnc(OI)n2)cn2cc(C(=O)N3CCC(Cc4ccccc4CN)[C@H](O)C3)nc12. The van der Waals surface area contributed by atoms with Crippen LogP contribution in [0.4, 0.5) is 0 Å². The van der Waals surface area contributed by atoms with Crippen molar-refractivity contribution in [2.75, 3.05) is 20.2 Å². The van der Waals surface area contributed by atoms with Gasteiger partial charge in [-0.1, -0.05) is 24.3 Å². The highest BCUT2D eigenvalue weighted by Crippen LogP contribution is 2.29. The lowest BCUT2D eigenvalue weighted by Gasteiger charge is -2.36. The lowest BCUT2D eigenvalue weighted by atomic mass is 9.86. The van der Waals surface area contributed by atoms with Crippen LogP contribution in [-0.4, -0.2) is 61.6 Å². The number of methoxy groups -OCH3 is 1. The molecule has 10 nitrogen and oxygen atoms in total. The zero-order valence-electron chi connectivity index (χ0n) is 21.8. The summed E-state index contributed by atoms with van der Waals surface area (Å²) in [6, 6.07) is 12.1. The third-order valence-corrected chi connectivity index (χ3v) is 7.81. The maximum Gasteiger partial charge on any atom is 0.326 e. The van der Waals surface area contributed by atoms with Gasteiger partial charge in [-0.15, -0.1) is 0 Å². The molecule has 204 valence electrons. The number of amides is 1. The standard InChI is InChI=1S/C28H31IN6O4/c1-17(38-2)22-12-21(23-7-9-31-28(33-23)39-29)14-35-15-24(32-26(22)35)27(37)34-10-8-19(25(36)16-34)11-18-5-3-4-6-20(18)13-30/h3-7,9,12,14-15,17,19,25,36H,8,10-11,13,16,30H2,1-2H3/t17-,19?,25-/m1/s1. The average molecular weight is 642 g/mol. The van der Waals surface area contributed by atoms with E-state index in [-0.39, 0.29) is 30.5 Å². The Balaban J connectivity index is 1.39. The molecule has 1 amide bonds. The van der Waals surface area contributed by atoms with Crippen LogP contribution in [0.2, 0.25) is 0 Å². The Bertz CT molecular complexity index is 1480. The molecule has 4 aromatic rings. The lowest BCUT2D eigenvalue weighted by molar-refractivity contribution is 0.0194. The first-order chi connectivity index (χ1) is 18.9. The van der Waals surface area contributed by atoms with Crippen LogP contribution in [0, 0.1) is 5.92 Å². The van der Waals surface area contributed by atoms with Crippen molar-refractivity contribution in [2.24, 2.45) is 11.7 Å². The summed E-state index contributed by atoms with van der Waals surface area (Å²) in [7, 11) is 1.63. The third-order valence-electron chi connectivity index (χ3n) is 7.42. The van der Waals surface area contributed by atoms with Crippen LogP contribution in [-0.2, 0) is 17.7 Å². The van der Waals surface area contributed by atoms with E-state index in [1.807, 2.05) is 41.8 Å². The highest BCUT2D eigenvalue weighted by molar-refractivity contribution is 14.1. The first kappa shape index (κ1) is 27.4. The summed E-state index contributed by atoms with van der Waals surface area (Å²) in [6.07, 6.45) is 5.76. The van der Waals surface area contributed by atoms with Crippen molar-refractivity contribution in [3.63, 3.8) is 0 Å². The molecule has 11 heteroatoms. The molecule has 3 N–H and O–H groups in total. The number of ether oxygens (including phenoxy) is 1. The molecule has 0 bridgehead atoms. The zero-order valence-corrected chi connectivity index (χ0v) is 24.0. The zero-order chi connectivity index (χ0) is 27.5. The van der Waals surface area contributed by atoms with Gasteiger partial charge in [0.25, 0.3) is 5.91 Å². The second kappa shape index (κ2) is 11.9. The van der Waals surface area contributed by atoms with E-state index >= 15 is 0 Å². The van der Waals surface area contributed by atoms with Crippen molar-refractivity contribution in [3.05, 3.63) is 77.4 Å². The normalized spacial score (nSPS) is 18.3. The van der Waals surface area contributed by atoms with E-state index in [1.54, 1.807) is 53.5 Å². The summed E-state index contributed by atoms with van der Waals surface area (Å²) in [5.41, 5.74) is 11.4. The van der Waals surface area contributed by atoms with Crippen molar-refractivity contribution < 1.29 is 17.7 Å². The van der Waals surface area contributed by atoms with Gasteiger partial charge in [0.05, 0.1) is 17.9 Å². The van der Waals surface area contributed by atoms with Crippen molar-refractivity contribution in [1.82, 2.24) is 24.3 Å². The van der Waals surface area contributed by atoms with Crippen molar-refractivity contribution in [3.8, 4) is 17.3 Å². The van der Waals surface area contributed by atoms with Gasteiger partial charge < -0.3 is 27.9 Å². The predicted octanol–water partition coefficient (Wildman–Crippen LogP) is 3.75. The second-order valence-electron chi connectivity index (χ2n) is 9.76. The van der Waals surface area contributed by atoms with E-state index in [9.17, 15) is 9.90 Å². The van der Waals surface area contributed by atoms with Crippen LogP contribution in [0.5, 0.6) is 6.01 Å². The molecule has 3 atom stereocenters. The van der Waals surface area contributed by atoms with Crippen molar-refractivity contribution in [1.29, 1.82) is 0 Å². The molecule has 0 spiro atoms. The number of fused-ring (bicyclic) bond motifs is 1. The summed E-state index contributed by atoms with van der Waals surface area (Å²) in [4.78, 5) is 28.4. The van der Waals surface area contributed by atoms with Gasteiger partial charge in [0.2, 0.25) is 0 Å². The predicted molar refractivity (Wildman–Crippen MR) is 154 cm³/mol. The third kappa shape index (κ3) is 5.76. The van der Waals surface area contributed by atoms with Crippen LogP contribution in [0.1, 0.15) is 46.6 Å². The number of hydrogen-bond donors (Lipinski definition) is 2. The van der Waals surface area contributed by atoms with Gasteiger partial charge >= 0.3 is 6.01 Å². The van der Waals surface area contributed by atoms with Gasteiger partial charge in [-0.25, -0.2) is 9.97 Å². The van der Waals surface area contributed by atoms with E-state index < -0.39 is 6.10 Å². The molecule has 5 rings (SSSR count). The molecule has 1 saturated heterocycles. The minimum atomic E-state index is -0.631. The number of nitrogens with zero attached hydrogens (tertiary/aromatic N) is 5. The van der Waals surface area contributed by atoms with Crippen molar-refractivity contribution >= 4 is 34.6 Å². The molecular weight excluding hydrogens is 611 g/mol. The fraction of sp³-hybridized carbons (Fsp3) is 0.357. The molecule has 4 heterocycles. The number of nitrogens with two attached hydrogens (primary N) is 1. The number of halogens is 1. The van der Waals surface area contributed by atoms with Gasteiger partial charge in [0.1, 0.15) is 11.3 Å². The summed E-state index contributed by atoms with van der Waals surface area (Å²) < 4.78 is 12.6. The molecule has 39 heavy (non-hydrogen) atoms. The number of aliphatic hydroxyl groups is 1. The second-order valence-corrected chi connectivity index (χ2v) is 10.2. The molecule has 3 aromatic heterocycles. The molecule has 1 aliphatic rings. The quantitative estimate of drug-likeness (QED) is 0.279. The molecule has 0 radical (unpaired) electrons. The number of benzene rings is 1. The number of hydrogen-bond acceptors (Lipinski definition) is 8. The van der Waals surface area contributed by atoms with E-state index in [0.717, 1.165) is 28.7 Å². The van der Waals surface area contributed by atoms with Crippen LogP contribution in [0.3, 0.4) is 0 Å². The van der Waals surface area contributed by atoms with Gasteiger partial charge in [0.15, 0.2) is 23.0 Å². The number of carbonyl (C=O) groups is 1. The number of imidazole rings is 1. The van der Waals surface area contributed by atoms with E-state index in [1.165, 1.54) is 0 Å². The first-order valence-corrected chi connectivity index (χ1v) is 13.7. The lowest BCUT2D eigenvalue weighted by Crippen LogP contribution is -2.47. The number of aliphatic hydroxyl groups excluding tert-OH is 1. The number of pyridine rings is 1. The van der Waals surface area contributed by atoms with Gasteiger partial charge in [-0.2, -0.15) is 4.98 Å². The Labute approximate surface area is 240 Å². The first-order valence-electron chi connectivity index (χ1n) is 12.8. The summed E-state index contributed by atoms with van der Waals surface area (Å²) in [5, 5.41) is 11.0. The van der Waals surface area contributed by atoms with Gasteiger partial charge in [-0.05, 0) is 48.9 Å². The highest BCUT2D eigenvalue weighted by Gasteiger charge is 2.32. The van der Waals surface area contributed by atoms with Crippen LogP contribution in [0.25, 0.3) is 16.9 Å². The topological polar surface area (TPSA) is 128 Å². The number of piperidine rings is 1. The fourth-order valence-electron chi connectivity index (χ4n) is 5.14. The monoisotopic (exact) mass is 642 g/mol. The Morgan fingerprint density at radius 2 is 2.03 bits per heavy atom. The number of carbonyl (C=O) groups excluding carboxylic acids is 1. The number of aromatic nitrogens is 4. The molecule has 1 unspecified atom stereocenters. The van der Waals surface area contributed by atoms with Crippen LogP contribution in [0.15, 0.2) is 55.0 Å². The van der Waals surface area contributed by atoms with Gasteiger partial charge in [0, 0.05) is 56.5 Å². The Kier molecular flexibility index (Phi) is 8.40. The van der Waals surface area contributed by atoms with E-state index in [2.05, 4.69) is 16.0 Å². The van der Waals surface area contributed by atoms with Crippen molar-refractivity contribution in [2.45, 2.75) is 38.5 Å². The summed E-state index contributed by atoms with van der Waals surface area (Å²) in [6.45, 7) is 3.20. The molecular formula is C28H31IN6O4. The average Bonchev–Trinajstić information content (AvgIpc) is 3.41. The summed E-state index contributed by atoms with van der Waals surface area (Å²) in [5.74, 6) is -0.150. The smallest absolute Gasteiger partial charge is 0.326 e. The van der Waals surface area contributed by atoms with Gasteiger partial charge in [-0.3, -0.25) is 4.79 Å². The fourth-order valence-corrected chi connectivity index (χ4v) is 5.35. The molecule has 1 aromatic carbocycles. The maximum atomic E-state index is 13.5. The van der Waals surface area contributed by atoms with E-state index in [4.69, 9.17) is 18.5 Å². The largest absolute Gasteiger partial charge is 0.392 e. The van der Waals surface area contributed by atoms with Crippen LogP contribution >= 0.6 is 23.0 Å². The number of β-amino-alcohol motifs (C(OH)–C–C–N with tert-alkyl or cyclic N) is 1. The Hall–Kier alpha value is -3.13. The van der Waals surface area contributed by atoms with E-state index in [0.29, 0.717) is 36.5 Å². The number of rotatable bonds is 8.